The zero-order valence-electron chi connectivity index (χ0n) is 16.3. The van der Waals surface area contributed by atoms with Gasteiger partial charge in [0, 0.05) is 24.0 Å². The van der Waals surface area contributed by atoms with Crippen molar-refractivity contribution < 1.29 is 18.3 Å². The van der Waals surface area contributed by atoms with Gasteiger partial charge in [-0.3, -0.25) is 9.20 Å². The third-order valence-electron chi connectivity index (χ3n) is 4.35. The molecule has 2 heterocycles. The van der Waals surface area contributed by atoms with Crippen molar-refractivity contribution in [3.63, 3.8) is 0 Å². The van der Waals surface area contributed by atoms with Crippen LogP contribution in [0.25, 0.3) is 5.65 Å². The van der Waals surface area contributed by atoms with Crippen molar-refractivity contribution in [1.82, 2.24) is 9.38 Å². The third-order valence-corrected chi connectivity index (χ3v) is 4.58. The van der Waals surface area contributed by atoms with Crippen LogP contribution in [0.5, 0.6) is 5.75 Å². The summed E-state index contributed by atoms with van der Waals surface area (Å²) in [5.41, 5.74) is 0.893. The van der Waals surface area contributed by atoms with Gasteiger partial charge in [0.15, 0.2) is 0 Å². The number of nitrogens with one attached hydrogen (secondary N) is 2. The largest absolute Gasteiger partial charge is 0.487 e. The van der Waals surface area contributed by atoms with Gasteiger partial charge in [0.2, 0.25) is 0 Å². The Balaban J connectivity index is 1.36. The van der Waals surface area contributed by atoms with Gasteiger partial charge in [-0.15, -0.1) is 0 Å². The molecule has 7 nitrogen and oxygen atoms in total. The van der Waals surface area contributed by atoms with E-state index in [4.69, 9.17) is 16.3 Å². The van der Waals surface area contributed by atoms with E-state index in [0.29, 0.717) is 33.9 Å². The van der Waals surface area contributed by atoms with E-state index in [2.05, 4.69) is 15.6 Å². The molecular weight excluding hydrogens is 442 g/mol. The number of benzene rings is 2. The molecule has 0 spiro atoms. The summed E-state index contributed by atoms with van der Waals surface area (Å²) in [5, 5.41) is 5.26. The minimum Gasteiger partial charge on any atom is -0.487 e. The van der Waals surface area contributed by atoms with Gasteiger partial charge in [0.25, 0.3) is 5.56 Å². The zero-order valence-corrected chi connectivity index (χ0v) is 17.1. The van der Waals surface area contributed by atoms with E-state index in [1.54, 1.807) is 36.4 Å². The highest BCUT2D eigenvalue weighted by Gasteiger charge is 2.09. The summed E-state index contributed by atoms with van der Waals surface area (Å²) in [7, 11) is 0. The molecule has 0 fully saturated rings. The molecule has 2 aromatic heterocycles. The molecule has 0 saturated carbocycles. The molecule has 4 rings (SSSR count). The lowest BCUT2D eigenvalue weighted by Crippen LogP contribution is -2.20. The number of fused-ring (bicyclic) bond motifs is 1. The van der Waals surface area contributed by atoms with Crippen molar-refractivity contribution in [2.24, 2.45) is 0 Å². The summed E-state index contributed by atoms with van der Waals surface area (Å²) < 4.78 is 33.6. The van der Waals surface area contributed by atoms with Crippen LogP contribution in [0.15, 0.2) is 71.7 Å². The van der Waals surface area contributed by atoms with E-state index in [1.165, 1.54) is 16.7 Å². The maximum absolute atomic E-state index is 13.6. The maximum Gasteiger partial charge on any atom is 0.323 e. The second-order valence-corrected chi connectivity index (χ2v) is 7.11. The van der Waals surface area contributed by atoms with Gasteiger partial charge in [-0.1, -0.05) is 11.6 Å². The van der Waals surface area contributed by atoms with Crippen LogP contribution in [-0.2, 0) is 6.61 Å². The molecule has 0 aliphatic carbocycles. The number of hydrogen-bond donors (Lipinski definition) is 2. The lowest BCUT2D eigenvalue weighted by molar-refractivity contribution is 0.262. The topological polar surface area (TPSA) is 84.7 Å². The number of nitrogens with zero attached hydrogens (tertiary/aromatic N) is 2. The van der Waals surface area contributed by atoms with Gasteiger partial charge in [0.05, 0.1) is 16.4 Å². The zero-order chi connectivity index (χ0) is 22.7. The fourth-order valence-electron chi connectivity index (χ4n) is 2.87. The molecule has 162 valence electrons. The summed E-state index contributed by atoms with van der Waals surface area (Å²) >= 11 is 5.90. The van der Waals surface area contributed by atoms with E-state index >= 15 is 0 Å². The molecule has 0 unspecified atom stereocenters. The van der Waals surface area contributed by atoms with Gasteiger partial charge in [-0.25, -0.2) is 18.6 Å². The van der Waals surface area contributed by atoms with Crippen molar-refractivity contribution in [3.05, 3.63) is 99.6 Å². The molecule has 10 heteroatoms. The molecular formula is C22H15ClF2N4O3. The van der Waals surface area contributed by atoms with Crippen molar-refractivity contribution in [2.75, 3.05) is 10.6 Å². The first-order valence-electron chi connectivity index (χ1n) is 9.31. The average Bonchev–Trinajstić information content (AvgIpc) is 2.76. The number of amides is 2. The quantitative estimate of drug-likeness (QED) is 0.449. The number of halogens is 3. The Morgan fingerprint density at radius 2 is 1.81 bits per heavy atom. The van der Waals surface area contributed by atoms with Crippen LogP contribution in [0.1, 0.15) is 5.69 Å². The van der Waals surface area contributed by atoms with Crippen molar-refractivity contribution >= 4 is 34.7 Å². The van der Waals surface area contributed by atoms with Gasteiger partial charge in [-0.2, -0.15) is 0 Å². The van der Waals surface area contributed by atoms with E-state index in [1.807, 2.05) is 0 Å². The monoisotopic (exact) mass is 456 g/mol. The summed E-state index contributed by atoms with van der Waals surface area (Å²) in [6, 6.07) is 13.2. The summed E-state index contributed by atoms with van der Waals surface area (Å²) in [6.07, 6.45) is 1.49. The smallest absolute Gasteiger partial charge is 0.323 e. The lowest BCUT2D eigenvalue weighted by atomic mass is 10.3. The number of ether oxygens (including phenoxy) is 1. The molecule has 0 saturated heterocycles. The van der Waals surface area contributed by atoms with Gasteiger partial charge < -0.3 is 15.4 Å². The molecule has 0 atom stereocenters. The number of carbonyl (C=O) groups is 1. The van der Waals surface area contributed by atoms with E-state index in [0.717, 1.165) is 12.1 Å². The van der Waals surface area contributed by atoms with Crippen LogP contribution in [0.2, 0.25) is 5.02 Å². The van der Waals surface area contributed by atoms with Crippen molar-refractivity contribution in [1.29, 1.82) is 0 Å². The molecule has 2 amide bonds. The Kier molecular flexibility index (Phi) is 6.00. The van der Waals surface area contributed by atoms with E-state index < -0.39 is 17.7 Å². The molecule has 0 radical (unpaired) electrons. The molecule has 0 aliphatic heterocycles. The number of carbonyl (C=O) groups excluding carboxylic acids is 1. The van der Waals surface area contributed by atoms with Crippen LogP contribution in [0.3, 0.4) is 0 Å². The second-order valence-electron chi connectivity index (χ2n) is 6.68. The Morgan fingerprint density at radius 1 is 1.03 bits per heavy atom. The fourth-order valence-corrected chi connectivity index (χ4v) is 3.03. The summed E-state index contributed by atoms with van der Waals surface area (Å²) in [5.74, 6) is -1.13. The van der Waals surface area contributed by atoms with Gasteiger partial charge in [0.1, 0.15) is 29.6 Å². The van der Waals surface area contributed by atoms with E-state index in [-0.39, 0.29) is 17.9 Å². The second kappa shape index (κ2) is 9.03. The Labute approximate surface area is 185 Å². The number of anilines is 2. The van der Waals surface area contributed by atoms with Crippen LogP contribution in [0, 0.1) is 11.6 Å². The summed E-state index contributed by atoms with van der Waals surface area (Å²) in [4.78, 5) is 28.6. The van der Waals surface area contributed by atoms with Gasteiger partial charge in [-0.05, 0) is 48.5 Å². The highest BCUT2D eigenvalue weighted by molar-refractivity contribution is 6.30. The number of urea groups is 1. The van der Waals surface area contributed by atoms with Crippen LogP contribution in [0.4, 0.5) is 25.0 Å². The third kappa shape index (κ3) is 5.01. The standard InChI is InChI=1S/C22H15ClF2N4O3/c23-13-1-8-20-26-16(10-21(30)29(20)11-13)12-32-17-5-3-15(4-6-17)27-22(31)28-19-7-2-14(24)9-18(19)25/h1-11H,12H2,(H2,27,28,31). The molecule has 0 aliphatic rings. The predicted molar refractivity (Wildman–Crippen MR) is 116 cm³/mol. The minimum absolute atomic E-state index is 0.0610. The average molecular weight is 457 g/mol. The lowest BCUT2D eigenvalue weighted by Gasteiger charge is -2.10. The Hall–Kier alpha value is -3.98. The highest BCUT2D eigenvalue weighted by atomic mass is 35.5. The van der Waals surface area contributed by atoms with Crippen LogP contribution >= 0.6 is 11.6 Å². The van der Waals surface area contributed by atoms with Crippen molar-refractivity contribution in [3.8, 4) is 5.75 Å². The SMILES string of the molecule is O=C(Nc1ccc(OCc2cc(=O)n3cc(Cl)ccc3n2)cc1)Nc1ccc(F)cc1F. The first kappa shape index (κ1) is 21.3. The number of hydrogen-bond acceptors (Lipinski definition) is 4. The number of rotatable bonds is 5. The van der Waals surface area contributed by atoms with E-state index in [9.17, 15) is 18.4 Å². The Bertz CT molecular complexity index is 1360. The van der Waals surface area contributed by atoms with Gasteiger partial charge >= 0.3 is 6.03 Å². The number of aromatic nitrogens is 2. The highest BCUT2D eigenvalue weighted by Crippen LogP contribution is 2.19. The van der Waals surface area contributed by atoms with Crippen LogP contribution in [-0.4, -0.2) is 15.4 Å². The normalized spacial score (nSPS) is 10.7. The van der Waals surface area contributed by atoms with Crippen LogP contribution < -0.4 is 20.9 Å². The fraction of sp³-hybridized carbons (Fsp3) is 0.0455. The molecule has 2 aromatic carbocycles. The first-order chi connectivity index (χ1) is 15.4. The Morgan fingerprint density at radius 3 is 2.56 bits per heavy atom. The first-order valence-corrected chi connectivity index (χ1v) is 9.69. The molecule has 32 heavy (non-hydrogen) atoms. The summed E-state index contributed by atoms with van der Waals surface area (Å²) in [6.45, 7) is 0.0610. The minimum atomic E-state index is -0.881. The van der Waals surface area contributed by atoms with Crippen molar-refractivity contribution in [2.45, 2.75) is 6.61 Å². The molecule has 4 aromatic rings. The molecule has 0 bridgehead atoms. The molecule has 2 N–H and O–H groups in total. The number of pyridine rings is 1. The predicted octanol–water partition coefficient (Wildman–Crippen LogP) is 4.85. The maximum atomic E-state index is 13.6.